The molecule has 34 heavy (non-hydrogen) atoms. The molecule has 8 heteroatoms. The monoisotopic (exact) mass is 496 g/mol. The van der Waals surface area contributed by atoms with E-state index in [4.69, 9.17) is 24.4 Å². The molecule has 0 saturated heterocycles. The third kappa shape index (κ3) is 13.0. The average Bonchev–Trinajstić information content (AvgIpc) is 2.84. The number of para-hydroxylation sites is 2. The van der Waals surface area contributed by atoms with Gasteiger partial charge in [-0.1, -0.05) is 62.1 Å². The highest BCUT2D eigenvalue weighted by Crippen LogP contribution is 2.10. The molecule has 0 heterocycles. The minimum Gasteiger partial charge on any atom is -0.331 e. The lowest BCUT2D eigenvalue weighted by molar-refractivity contribution is 0.606. The number of rotatable bonds is 13. The Morgan fingerprint density at radius 3 is 1.32 bits per heavy atom. The molecule has 0 amide bonds. The van der Waals surface area contributed by atoms with Gasteiger partial charge in [-0.25, -0.2) is 0 Å². The Hall–Kier alpha value is -2.84. The van der Waals surface area contributed by atoms with Crippen molar-refractivity contribution in [2.45, 2.75) is 65.2 Å². The zero-order valence-electron chi connectivity index (χ0n) is 20.1. The zero-order chi connectivity index (χ0) is 24.4. The Morgan fingerprint density at radius 2 is 0.941 bits per heavy atom. The first kappa shape index (κ1) is 27.4. The van der Waals surface area contributed by atoms with Crippen molar-refractivity contribution in [3.05, 3.63) is 60.7 Å². The average molecular weight is 497 g/mol. The smallest absolute Gasteiger partial charge is 0.191 e. The van der Waals surface area contributed by atoms with E-state index >= 15 is 0 Å². The molecule has 4 N–H and O–H groups in total. The topological polar surface area (TPSA) is 72.8 Å². The summed E-state index contributed by atoms with van der Waals surface area (Å²) < 4.78 is 0. The second-order valence-corrected chi connectivity index (χ2v) is 9.00. The van der Waals surface area contributed by atoms with Crippen molar-refractivity contribution < 1.29 is 0 Å². The van der Waals surface area contributed by atoms with E-state index in [-0.39, 0.29) is 0 Å². The van der Waals surface area contributed by atoms with Crippen LogP contribution in [0.4, 0.5) is 11.4 Å². The molecule has 6 nitrogen and oxygen atoms in total. The van der Waals surface area contributed by atoms with E-state index in [1.54, 1.807) is 0 Å². The summed E-state index contributed by atoms with van der Waals surface area (Å²) in [6, 6.07) is 19.7. The predicted octanol–water partition coefficient (Wildman–Crippen LogP) is 6.83. The number of nitrogens with one attached hydrogen (secondary N) is 4. The molecule has 2 rings (SSSR count). The Kier molecular flexibility index (Phi) is 13.5. The number of anilines is 2. The molecule has 0 bridgehead atoms. The van der Waals surface area contributed by atoms with Crippen molar-refractivity contribution in [3.63, 3.8) is 0 Å². The van der Waals surface area contributed by atoms with E-state index in [1.807, 2.05) is 74.5 Å². The third-order valence-electron chi connectivity index (χ3n) is 5.09. The first-order valence-corrected chi connectivity index (χ1v) is 12.6. The van der Waals surface area contributed by atoms with Crippen LogP contribution in [0, 0.1) is 0 Å². The number of hydrazone groups is 2. The predicted molar refractivity (Wildman–Crippen MR) is 155 cm³/mol. The first-order valence-electron chi connectivity index (χ1n) is 11.8. The summed E-state index contributed by atoms with van der Waals surface area (Å²) in [6.45, 7) is 4.07. The molecule has 0 fully saturated rings. The first-order chi connectivity index (χ1) is 16.5. The fourth-order valence-corrected chi connectivity index (χ4v) is 3.56. The molecule has 0 spiro atoms. The summed E-state index contributed by atoms with van der Waals surface area (Å²) in [5.74, 6) is 0. The van der Waals surface area contributed by atoms with E-state index < -0.39 is 0 Å². The molecule has 2 aromatic rings. The lowest BCUT2D eigenvalue weighted by atomic mass is 10.1. The zero-order valence-corrected chi connectivity index (χ0v) is 21.8. The van der Waals surface area contributed by atoms with Gasteiger partial charge in [-0.2, -0.15) is 10.2 Å². The molecule has 0 aliphatic carbocycles. The van der Waals surface area contributed by atoms with Crippen molar-refractivity contribution in [1.82, 2.24) is 10.9 Å². The SMILES string of the molecule is C/C(CCCCCCCC/C(C)=N/NC(=S)Nc1ccccc1)=N\NC(=S)Nc1ccccc1. The van der Waals surface area contributed by atoms with Crippen LogP contribution >= 0.6 is 24.4 Å². The standard InChI is InChI=1S/C26H36N6S2/c1-21(29-31-25(33)27-23-17-11-7-12-18-23)15-9-5-3-4-6-10-16-22(2)30-32-26(34)28-24-19-13-8-14-20-24/h7-8,11-14,17-20H,3-6,9-10,15-16H2,1-2H3,(H2,27,31,33)(H2,28,32,34)/b29-21+,30-22+. The highest BCUT2D eigenvalue weighted by Gasteiger charge is 1.99. The lowest BCUT2D eigenvalue weighted by Gasteiger charge is -2.08. The number of hydrogen-bond donors (Lipinski definition) is 4. The Balaban J connectivity index is 1.46. The molecule has 2 aromatic carbocycles. The number of benzene rings is 2. The van der Waals surface area contributed by atoms with Crippen LogP contribution in [0.2, 0.25) is 0 Å². The normalized spacial score (nSPS) is 11.6. The molecule has 0 saturated carbocycles. The van der Waals surface area contributed by atoms with Gasteiger partial charge in [0, 0.05) is 22.8 Å². The van der Waals surface area contributed by atoms with Gasteiger partial charge < -0.3 is 10.6 Å². The maximum Gasteiger partial charge on any atom is 0.191 e. The minimum atomic E-state index is 0.508. The summed E-state index contributed by atoms with van der Waals surface area (Å²) >= 11 is 10.5. The van der Waals surface area contributed by atoms with E-state index in [9.17, 15) is 0 Å². The van der Waals surface area contributed by atoms with E-state index in [1.165, 1.54) is 25.7 Å². The number of nitrogens with zero attached hydrogens (tertiary/aromatic N) is 2. The molecule has 0 aliphatic rings. The van der Waals surface area contributed by atoms with Gasteiger partial charge in [0.15, 0.2) is 10.2 Å². The van der Waals surface area contributed by atoms with Crippen LogP contribution in [0.15, 0.2) is 70.9 Å². The van der Waals surface area contributed by atoms with Crippen LogP contribution in [0.25, 0.3) is 0 Å². The molecular formula is C26H36N6S2. The highest BCUT2D eigenvalue weighted by atomic mass is 32.1. The second kappa shape index (κ2) is 16.7. The van der Waals surface area contributed by atoms with Crippen molar-refractivity contribution in [2.24, 2.45) is 10.2 Å². The molecule has 182 valence electrons. The molecule has 0 aromatic heterocycles. The second-order valence-electron chi connectivity index (χ2n) is 8.18. The van der Waals surface area contributed by atoms with Crippen molar-refractivity contribution in [2.75, 3.05) is 10.6 Å². The van der Waals surface area contributed by atoms with Gasteiger partial charge >= 0.3 is 0 Å². The summed E-state index contributed by atoms with van der Waals surface area (Å²) in [7, 11) is 0. The molecular weight excluding hydrogens is 460 g/mol. The fourth-order valence-electron chi connectivity index (χ4n) is 3.23. The molecule has 0 unspecified atom stereocenters. The van der Waals surface area contributed by atoms with E-state index in [2.05, 4.69) is 31.7 Å². The summed E-state index contributed by atoms with van der Waals surface area (Å²) in [5.41, 5.74) is 9.88. The molecule has 0 atom stereocenters. The van der Waals surface area contributed by atoms with Crippen LogP contribution in [-0.4, -0.2) is 21.6 Å². The number of unbranched alkanes of at least 4 members (excludes halogenated alkanes) is 5. The fraction of sp³-hybridized carbons (Fsp3) is 0.385. The van der Waals surface area contributed by atoms with Gasteiger partial charge in [0.2, 0.25) is 0 Å². The number of hydrogen-bond acceptors (Lipinski definition) is 4. The van der Waals surface area contributed by atoms with Crippen molar-refractivity contribution >= 4 is 57.5 Å². The van der Waals surface area contributed by atoms with E-state index in [0.717, 1.165) is 48.5 Å². The summed E-state index contributed by atoms with van der Waals surface area (Å²) in [6.07, 6.45) is 9.17. The Bertz CT molecular complexity index is 851. The van der Waals surface area contributed by atoms with Crippen LogP contribution in [0.3, 0.4) is 0 Å². The maximum absolute atomic E-state index is 5.27. The van der Waals surface area contributed by atoms with Crippen LogP contribution in [-0.2, 0) is 0 Å². The minimum absolute atomic E-state index is 0.508. The highest BCUT2D eigenvalue weighted by molar-refractivity contribution is 7.80. The van der Waals surface area contributed by atoms with Gasteiger partial charge in [0.05, 0.1) is 0 Å². The van der Waals surface area contributed by atoms with Gasteiger partial charge in [0.25, 0.3) is 0 Å². The van der Waals surface area contributed by atoms with E-state index in [0.29, 0.717) is 10.2 Å². The van der Waals surface area contributed by atoms with Crippen molar-refractivity contribution in [1.29, 1.82) is 0 Å². The van der Waals surface area contributed by atoms with Crippen molar-refractivity contribution in [3.8, 4) is 0 Å². The van der Waals surface area contributed by atoms with Crippen LogP contribution in [0.1, 0.15) is 65.2 Å². The Labute approximate surface area is 214 Å². The quantitative estimate of drug-likeness (QED) is 0.105. The maximum atomic E-state index is 5.27. The molecule has 0 radical (unpaired) electrons. The third-order valence-corrected chi connectivity index (χ3v) is 5.47. The van der Waals surface area contributed by atoms with Gasteiger partial charge in [0.1, 0.15) is 0 Å². The molecule has 0 aliphatic heterocycles. The number of thiocarbonyl (C=S) groups is 2. The summed E-state index contributed by atoms with van der Waals surface area (Å²) in [5, 5.41) is 16.0. The van der Waals surface area contributed by atoms with Gasteiger partial charge in [-0.3, -0.25) is 10.9 Å². The van der Waals surface area contributed by atoms with Crippen LogP contribution < -0.4 is 21.5 Å². The van der Waals surface area contributed by atoms with Gasteiger partial charge in [-0.15, -0.1) is 0 Å². The van der Waals surface area contributed by atoms with Crippen LogP contribution in [0.5, 0.6) is 0 Å². The Morgan fingerprint density at radius 1 is 0.588 bits per heavy atom. The lowest BCUT2D eigenvalue weighted by Crippen LogP contribution is -2.24. The van der Waals surface area contributed by atoms with Gasteiger partial charge in [-0.05, 0) is 88.2 Å². The summed E-state index contributed by atoms with van der Waals surface area (Å²) in [4.78, 5) is 0. The largest absolute Gasteiger partial charge is 0.331 e.